The number of hydrogen-bond donors (Lipinski definition) is 2. The van der Waals surface area contributed by atoms with Gasteiger partial charge in [0.25, 0.3) is 5.56 Å². The highest BCUT2D eigenvalue weighted by molar-refractivity contribution is 5.87. The molecule has 0 aliphatic carbocycles. The zero-order valence-corrected chi connectivity index (χ0v) is 25.0. The van der Waals surface area contributed by atoms with Crippen LogP contribution in [0.4, 0.5) is 23.2 Å². The standard InChI is InChI=1S/C33H33F4N5O4/c1-21-28(40-16-14-39(15-17-40)19-22-8-7-11-24(18-22)31(44)45)30(43)41(20-27(38)23-9-3-2-4-10-23)32(46)42(21)29(33(35,36)37)25-12-5-6-13-26(25)34/h2-13,18,27,29H,14-17,19-20,38H2,1H3,(H,44,45)/t27-,29?/m0/s1. The molecule has 1 aliphatic rings. The summed E-state index contributed by atoms with van der Waals surface area (Å²) in [5, 5.41) is 9.31. The first-order chi connectivity index (χ1) is 21.9. The summed E-state index contributed by atoms with van der Waals surface area (Å²) < 4.78 is 60.5. The van der Waals surface area contributed by atoms with Crippen molar-refractivity contribution in [3.63, 3.8) is 0 Å². The number of carboxylic acid groups (broad SMARTS) is 1. The molecule has 46 heavy (non-hydrogen) atoms. The molecule has 2 atom stereocenters. The van der Waals surface area contributed by atoms with Gasteiger partial charge in [0, 0.05) is 50.0 Å². The van der Waals surface area contributed by atoms with Crippen LogP contribution in [0.1, 0.15) is 44.8 Å². The number of alkyl halides is 3. The first-order valence-corrected chi connectivity index (χ1v) is 14.6. The third-order valence-electron chi connectivity index (χ3n) is 8.23. The molecule has 3 N–H and O–H groups in total. The van der Waals surface area contributed by atoms with E-state index >= 15 is 0 Å². The minimum atomic E-state index is -5.10. The Labute approximate surface area is 261 Å². The number of carboxylic acids is 1. The number of rotatable bonds is 9. The number of benzene rings is 3. The van der Waals surface area contributed by atoms with E-state index in [0.29, 0.717) is 34.3 Å². The third-order valence-corrected chi connectivity index (χ3v) is 8.23. The van der Waals surface area contributed by atoms with Gasteiger partial charge >= 0.3 is 17.8 Å². The number of piperazine rings is 1. The molecule has 0 saturated carbocycles. The van der Waals surface area contributed by atoms with Gasteiger partial charge in [-0.3, -0.25) is 18.8 Å². The van der Waals surface area contributed by atoms with Gasteiger partial charge in [-0.05, 0) is 36.2 Å². The van der Waals surface area contributed by atoms with Crippen LogP contribution in [0.2, 0.25) is 0 Å². The molecule has 1 fully saturated rings. The lowest BCUT2D eigenvalue weighted by Gasteiger charge is -2.37. The fourth-order valence-corrected chi connectivity index (χ4v) is 5.94. The van der Waals surface area contributed by atoms with Crippen molar-refractivity contribution in [2.24, 2.45) is 5.73 Å². The Morgan fingerprint density at radius 2 is 1.59 bits per heavy atom. The molecular formula is C33H33F4N5O4. The van der Waals surface area contributed by atoms with E-state index in [2.05, 4.69) is 0 Å². The second kappa shape index (κ2) is 13.3. The Balaban J connectivity index is 1.57. The van der Waals surface area contributed by atoms with Crippen molar-refractivity contribution in [1.82, 2.24) is 14.0 Å². The lowest BCUT2D eigenvalue weighted by atomic mass is 10.0. The minimum absolute atomic E-state index is 0.0991. The Morgan fingerprint density at radius 1 is 0.935 bits per heavy atom. The van der Waals surface area contributed by atoms with Crippen LogP contribution in [-0.4, -0.2) is 57.5 Å². The van der Waals surface area contributed by atoms with Gasteiger partial charge in [0.15, 0.2) is 6.04 Å². The molecule has 5 rings (SSSR count). The van der Waals surface area contributed by atoms with Crippen molar-refractivity contribution in [3.8, 4) is 0 Å². The molecule has 9 nitrogen and oxygen atoms in total. The summed E-state index contributed by atoms with van der Waals surface area (Å²) in [6, 6.07) is 15.8. The normalized spacial score (nSPS) is 15.5. The summed E-state index contributed by atoms with van der Waals surface area (Å²) in [5.41, 5.74) is 4.71. The molecule has 4 aromatic rings. The number of anilines is 1. The summed E-state index contributed by atoms with van der Waals surface area (Å²) >= 11 is 0. The van der Waals surface area contributed by atoms with Crippen LogP contribution in [0, 0.1) is 12.7 Å². The fraction of sp³-hybridized carbons (Fsp3) is 0.303. The topological polar surface area (TPSA) is 114 Å². The predicted octanol–water partition coefficient (Wildman–Crippen LogP) is 4.33. The summed E-state index contributed by atoms with van der Waals surface area (Å²) in [6.45, 7) is 2.54. The average molecular weight is 640 g/mol. The van der Waals surface area contributed by atoms with Crippen LogP contribution in [-0.2, 0) is 13.1 Å². The maximum Gasteiger partial charge on any atom is 0.413 e. The first-order valence-electron chi connectivity index (χ1n) is 14.6. The van der Waals surface area contributed by atoms with Crippen LogP contribution >= 0.6 is 0 Å². The largest absolute Gasteiger partial charge is 0.478 e. The highest BCUT2D eigenvalue weighted by Gasteiger charge is 2.46. The van der Waals surface area contributed by atoms with Gasteiger partial charge in [0.2, 0.25) is 0 Å². The smallest absolute Gasteiger partial charge is 0.413 e. The van der Waals surface area contributed by atoms with Crippen LogP contribution in [0.25, 0.3) is 0 Å². The van der Waals surface area contributed by atoms with E-state index in [9.17, 15) is 37.1 Å². The van der Waals surface area contributed by atoms with E-state index in [-0.39, 0.29) is 30.0 Å². The minimum Gasteiger partial charge on any atom is -0.478 e. The Bertz CT molecular complexity index is 1830. The Morgan fingerprint density at radius 3 is 2.22 bits per heavy atom. The lowest BCUT2D eigenvalue weighted by molar-refractivity contribution is -0.158. The molecule has 13 heteroatoms. The van der Waals surface area contributed by atoms with Gasteiger partial charge in [-0.15, -0.1) is 0 Å². The summed E-state index contributed by atoms with van der Waals surface area (Å²) in [4.78, 5) is 42.9. The second-order valence-electron chi connectivity index (χ2n) is 11.3. The van der Waals surface area contributed by atoms with Crippen molar-refractivity contribution in [2.75, 3.05) is 31.1 Å². The molecule has 0 spiro atoms. The van der Waals surface area contributed by atoms with Crippen molar-refractivity contribution in [3.05, 3.63) is 133 Å². The van der Waals surface area contributed by atoms with Crippen molar-refractivity contribution >= 4 is 11.7 Å². The van der Waals surface area contributed by atoms with Crippen LogP contribution in [0.5, 0.6) is 0 Å². The van der Waals surface area contributed by atoms with E-state index in [1.807, 2.05) is 4.90 Å². The van der Waals surface area contributed by atoms with Gasteiger partial charge in [0.1, 0.15) is 11.5 Å². The number of aromatic nitrogens is 2. The Hall–Kier alpha value is -4.75. The molecule has 0 amide bonds. The van der Waals surface area contributed by atoms with E-state index in [0.717, 1.165) is 17.7 Å². The van der Waals surface area contributed by atoms with Gasteiger partial charge in [-0.1, -0.05) is 60.7 Å². The van der Waals surface area contributed by atoms with Crippen molar-refractivity contribution < 1.29 is 27.5 Å². The third kappa shape index (κ3) is 6.75. The summed E-state index contributed by atoms with van der Waals surface area (Å²) in [5.74, 6) is -2.19. The van der Waals surface area contributed by atoms with E-state index in [1.165, 1.54) is 25.1 Å². The second-order valence-corrected chi connectivity index (χ2v) is 11.3. The summed E-state index contributed by atoms with van der Waals surface area (Å²) in [6.07, 6.45) is -5.10. The zero-order chi connectivity index (χ0) is 33.2. The fourth-order valence-electron chi connectivity index (χ4n) is 5.94. The first kappa shape index (κ1) is 32.6. The molecule has 3 aromatic carbocycles. The molecule has 0 bridgehead atoms. The zero-order valence-electron chi connectivity index (χ0n) is 25.0. The molecule has 242 valence electrons. The summed E-state index contributed by atoms with van der Waals surface area (Å²) in [7, 11) is 0. The van der Waals surface area contributed by atoms with E-state index in [4.69, 9.17) is 5.73 Å². The molecule has 1 saturated heterocycles. The Kier molecular flexibility index (Phi) is 9.44. The number of nitrogens with zero attached hydrogens (tertiary/aromatic N) is 4. The van der Waals surface area contributed by atoms with Crippen LogP contribution in [0.3, 0.4) is 0 Å². The number of nitrogens with two attached hydrogens (primary N) is 1. The quantitative estimate of drug-likeness (QED) is 0.262. The van der Waals surface area contributed by atoms with Crippen molar-refractivity contribution in [1.29, 1.82) is 0 Å². The average Bonchev–Trinajstić information content (AvgIpc) is 3.02. The molecule has 1 unspecified atom stereocenters. The maximum atomic E-state index is 14.9. The number of hydrogen-bond acceptors (Lipinski definition) is 6. The lowest BCUT2D eigenvalue weighted by Crippen LogP contribution is -2.52. The highest BCUT2D eigenvalue weighted by Crippen LogP contribution is 2.38. The van der Waals surface area contributed by atoms with Gasteiger partial charge in [0.05, 0.1) is 12.1 Å². The molecule has 0 radical (unpaired) electrons. The van der Waals surface area contributed by atoms with Gasteiger partial charge in [-0.2, -0.15) is 13.2 Å². The maximum absolute atomic E-state index is 14.9. The number of halogens is 4. The van der Waals surface area contributed by atoms with Gasteiger partial charge in [-0.25, -0.2) is 14.0 Å². The van der Waals surface area contributed by atoms with Crippen LogP contribution < -0.4 is 21.9 Å². The van der Waals surface area contributed by atoms with E-state index in [1.54, 1.807) is 53.4 Å². The van der Waals surface area contributed by atoms with Crippen LogP contribution in [0.15, 0.2) is 88.5 Å². The van der Waals surface area contributed by atoms with Crippen molar-refractivity contribution in [2.45, 2.75) is 38.3 Å². The molecule has 1 aliphatic heterocycles. The highest BCUT2D eigenvalue weighted by atomic mass is 19.4. The predicted molar refractivity (Wildman–Crippen MR) is 165 cm³/mol. The molecule has 2 heterocycles. The SMILES string of the molecule is Cc1c(N2CCN(Cc3cccc(C(=O)O)c3)CC2)c(=O)n(C[C@H](N)c2ccccc2)c(=O)n1C(c1ccccc1F)C(F)(F)F. The molecular weight excluding hydrogens is 606 g/mol. The van der Waals surface area contributed by atoms with Gasteiger partial charge < -0.3 is 15.7 Å². The molecule has 1 aromatic heterocycles. The number of aromatic carboxylic acids is 1. The number of carbonyl (C=O) groups is 1. The van der Waals surface area contributed by atoms with E-state index < -0.39 is 53.4 Å². The monoisotopic (exact) mass is 639 g/mol.